The van der Waals surface area contributed by atoms with Crippen molar-refractivity contribution in [3.05, 3.63) is 58.4 Å². The van der Waals surface area contributed by atoms with E-state index in [-0.39, 0.29) is 12.2 Å². The second kappa shape index (κ2) is 10.2. The van der Waals surface area contributed by atoms with E-state index in [1.165, 1.54) is 18.4 Å². The van der Waals surface area contributed by atoms with E-state index in [4.69, 9.17) is 25.8 Å². The van der Waals surface area contributed by atoms with E-state index in [0.717, 1.165) is 5.56 Å². The number of amides is 2. The molecule has 7 nitrogen and oxygen atoms in total. The molecule has 2 N–H and O–H groups in total. The molecule has 0 aliphatic carbocycles. The molecule has 2 aromatic carbocycles. The molecule has 0 atom stereocenters. The molecule has 31 heavy (non-hydrogen) atoms. The van der Waals surface area contributed by atoms with Gasteiger partial charge >= 0.3 is 12.0 Å². The molecular weight excluding hydrogens is 440 g/mol. The average Bonchev–Trinajstić information content (AvgIpc) is 3.16. The number of nitrogens with one attached hydrogen (secondary N) is 2. The van der Waals surface area contributed by atoms with Crippen LogP contribution in [0.25, 0.3) is 11.1 Å². The first-order valence-electron chi connectivity index (χ1n) is 9.31. The predicted molar refractivity (Wildman–Crippen MR) is 123 cm³/mol. The largest absolute Gasteiger partial charge is 0.493 e. The minimum absolute atomic E-state index is 0.203. The van der Waals surface area contributed by atoms with Gasteiger partial charge in [0.1, 0.15) is 10.6 Å². The number of halogens is 1. The maximum atomic E-state index is 12.7. The number of methoxy groups -OCH3 is 2. The zero-order valence-corrected chi connectivity index (χ0v) is 18.7. The first-order valence-corrected chi connectivity index (χ1v) is 10.6. The van der Waals surface area contributed by atoms with Gasteiger partial charge in [0.2, 0.25) is 0 Å². The minimum atomic E-state index is -0.536. The van der Waals surface area contributed by atoms with Crippen LogP contribution in [-0.4, -0.2) is 32.8 Å². The molecule has 162 valence electrons. The van der Waals surface area contributed by atoms with Crippen molar-refractivity contribution in [3.8, 4) is 22.6 Å². The van der Waals surface area contributed by atoms with Gasteiger partial charge in [0, 0.05) is 21.7 Å². The average molecular weight is 461 g/mol. The fourth-order valence-corrected chi connectivity index (χ4v) is 4.05. The van der Waals surface area contributed by atoms with Crippen molar-refractivity contribution in [1.82, 2.24) is 0 Å². The van der Waals surface area contributed by atoms with E-state index in [9.17, 15) is 9.59 Å². The lowest BCUT2D eigenvalue weighted by Gasteiger charge is -2.12. The molecule has 0 radical (unpaired) electrons. The summed E-state index contributed by atoms with van der Waals surface area (Å²) in [6.07, 6.45) is 0. The van der Waals surface area contributed by atoms with Crippen molar-refractivity contribution < 1.29 is 23.8 Å². The Morgan fingerprint density at radius 1 is 1.03 bits per heavy atom. The van der Waals surface area contributed by atoms with Gasteiger partial charge in [0.25, 0.3) is 0 Å². The zero-order valence-electron chi connectivity index (χ0n) is 17.2. The Hall–Kier alpha value is -3.23. The molecule has 3 rings (SSSR count). The van der Waals surface area contributed by atoms with Crippen LogP contribution in [0.1, 0.15) is 17.3 Å². The van der Waals surface area contributed by atoms with Crippen molar-refractivity contribution in [3.63, 3.8) is 0 Å². The molecule has 0 spiro atoms. The van der Waals surface area contributed by atoms with Crippen LogP contribution in [0.2, 0.25) is 5.02 Å². The number of benzene rings is 2. The fourth-order valence-electron chi connectivity index (χ4n) is 2.90. The van der Waals surface area contributed by atoms with Crippen molar-refractivity contribution in [1.29, 1.82) is 0 Å². The highest BCUT2D eigenvalue weighted by molar-refractivity contribution is 7.15. The van der Waals surface area contributed by atoms with E-state index >= 15 is 0 Å². The highest BCUT2D eigenvalue weighted by atomic mass is 35.5. The predicted octanol–water partition coefficient (Wildman–Crippen LogP) is 5.91. The Morgan fingerprint density at radius 2 is 1.81 bits per heavy atom. The van der Waals surface area contributed by atoms with E-state index in [0.29, 0.717) is 32.8 Å². The lowest BCUT2D eigenvalue weighted by molar-refractivity contribution is 0.0529. The third kappa shape index (κ3) is 5.28. The molecular formula is C22H21ClN2O5S. The minimum Gasteiger partial charge on any atom is -0.493 e. The molecule has 1 heterocycles. The number of anilines is 2. The molecule has 0 aliphatic rings. The summed E-state index contributed by atoms with van der Waals surface area (Å²) in [5, 5.41) is 8.06. The standard InChI is InChI=1S/C22H21ClN2O5S/c1-4-30-21(26)19-16(13-8-9-17(28-2)18(10-13)29-3)12-31-20(19)25-22(27)24-15-7-5-6-14(23)11-15/h5-12H,4H2,1-3H3,(H2,24,25,27). The Morgan fingerprint density at radius 3 is 2.48 bits per heavy atom. The van der Waals surface area contributed by atoms with Crippen LogP contribution in [-0.2, 0) is 4.74 Å². The molecule has 3 aromatic rings. The Balaban J connectivity index is 1.94. The van der Waals surface area contributed by atoms with Crippen LogP contribution >= 0.6 is 22.9 Å². The third-order valence-electron chi connectivity index (χ3n) is 4.27. The van der Waals surface area contributed by atoms with Crippen molar-refractivity contribution in [2.24, 2.45) is 0 Å². The highest BCUT2D eigenvalue weighted by Gasteiger charge is 2.23. The van der Waals surface area contributed by atoms with Gasteiger partial charge in [0.05, 0.1) is 20.8 Å². The van der Waals surface area contributed by atoms with Crippen LogP contribution in [0.5, 0.6) is 11.5 Å². The first kappa shape index (κ1) is 22.5. The molecule has 0 aliphatic heterocycles. The van der Waals surface area contributed by atoms with E-state index in [2.05, 4.69) is 10.6 Å². The number of hydrogen-bond donors (Lipinski definition) is 2. The van der Waals surface area contributed by atoms with Gasteiger partial charge in [-0.1, -0.05) is 23.7 Å². The van der Waals surface area contributed by atoms with E-state index in [1.54, 1.807) is 55.8 Å². The summed E-state index contributed by atoms with van der Waals surface area (Å²) in [4.78, 5) is 25.2. The number of esters is 1. The van der Waals surface area contributed by atoms with Crippen molar-refractivity contribution in [2.75, 3.05) is 31.5 Å². The summed E-state index contributed by atoms with van der Waals surface area (Å²) in [5.74, 6) is 0.555. The smallest absolute Gasteiger partial charge is 0.341 e. The lowest BCUT2D eigenvalue weighted by atomic mass is 10.0. The molecule has 1 aromatic heterocycles. The SMILES string of the molecule is CCOC(=O)c1c(-c2ccc(OC)c(OC)c2)csc1NC(=O)Nc1cccc(Cl)c1. The summed E-state index contributed by atoms with van der Waals surface area (Å²) in [5.41, 5.74) is 2.13. The van der Waals surface area contributed by atoms with E-state index in [1.807, 2.05) is 6.07 Å². The zero-order chi connectivity index (χ0) is 22.4. The fraction of sp³-hybridized carbons (Fsp3) is 0.182. The number of hydrogen-bond acceptors (Lipinski definition) is 6. The summed E-state index contributed by atoms with van der Waals surface area (Å²) in [6, 6.07) is 11.6. The summed E-state index contributed by atoms with van der Waals surface area (Å²) in [7, 11) is 3.08. The quantitative estimate of drug-likeness (QED) is 0.428. The molecule has 0 saturated carbocycles. The highest BCUT2D eigenvalue weighted by Crippen LogP contribution is 2.39. The number of urea groups is 1. The number of carbonyl (C=O) groups is 2. The Kier molecular flexibility index (Phi) is 7.38. The van der Waals surface area contributed by atoms with Crippen LogP contribution in [0.4, 0.5) is 15.5 Å². The summed E-state index contributed by atoms with van der Waals surface area (Å²) in [6.45, 7) is 1.92. The summed E-state index contributed by atoms with van der Waals surface area (Å²) < 4.78 is 15.9. The molecule has 2 amide bonds. The van der Waals surface area contributed by atoms with Crippen LogP contribution in [0, 0.1) is 0 Å². The third-order valence-corrected chi connectivity index (χ3v) is 5.41. The number of thiophene rings is 1. The van der Waals surface area contributed by atoms with Gasteiger partial charge in [-0.05, 0) is 42.8 Å². The Labute approximate surface area is 188 Å². The van der Waals surface area contributed by atoms with Gasteiger partial charge in [0.15, 0.2) is 11.5 Å². The van der Waals surface area contributed by atoms with Gasteiger partial charge in [-0.3, -0.25) is 5.32 Å². The first-order chi connectivity index (χ1) is 15.0. The van der Waals surface area contributed by atoms with Crippen LogP contribution < -0.4 is 20.1 Å². The molecule has 0 bridgehead atoms. The van der Waals surface area contributed by atoms with Crippen molar-refractivity contribution in [2.45, 2.75) is 6.92 Å². The normalized spacial score (nSPS) is 10.3. The van der Waals surface area contributed by atoms with E-state index < -0.39 is 12.0 Å². The topological polar surface area (TPSA) is 85.9 Å². The van der Waals surface area contributed by atoms with Crippen molar-refractivity contribution >= 4 is 45.6 Å². The lowest BCUT2D eigenvalue weighted by Crippen LogP contribution is -2.20. The molecule has 0 fully saturated rings. The second-order valence-electron chi connectivity index (χ2n) is 6.23. The van der Waals surface area contributed by atoms with Gasteiger partial charge in [-0.25, -0.2) is 9.59 Å². The second-order valence-corrected chi connectivity index (χ2v) is 7.55. The monoisotopic (exact) mass is 460 g/mol. The molecule has 9 heteroatoms. The van der Waals surface area contributed by atoms with Crippen LogP contribution in [0.3, 0.4) is 0 Å². The van der Waals surface area contributed by atoms with Gasteiger partial charge in [-0.2, -0.15) is 0 Å². The Bertz CT molecular complexity index is 1100. The van der Waals surface area contributed by atoms with Crippen LogP contribution in [0.15, 0.2) is 47.8 Å². The number of rotatable bonds is 7. The number of carbonyl (C=O) groups excluding carboxylic acids is 2. The maximum Gasteiger partial charge on any atom is 0.341 e. The number of ether oxygens (including phenoxy) is 3. The summed E-state index contributed by atoms with van der Waals surface area (Å²) >= 11 is 7.18. The maximum absolute atomic E-state index is 12.7. The van der Waals surface area contributed by atoms with Gasteiger partial charge < -0.3 is 19.5 Å². The molecule has 0 unspecified atom stereocenters. The van der Waals surface area contributed by atoms with Gasteiger partial charge in [-0.15, -0.1) is 11.3 Å². The molecule has 0 saturated heterocycles.